The molecule has 62 heavy (non-hydrogen) atoms. The number of nitrogens with zero attached hydrogens (tertiary/aromatic N) is 2. The highest BCUT2D eigenvalue weighted by atomic mass is 32.1. The Hall–Kier alpha value is -5.63. The molecule has 0 bridgehead atoms. The molecule has 1 fully saturated rings. The monoisotopic (exact) mass is 866 g/mol. The van der Waals surface area contributed by atoms with E-state index in [1.165, 1.54) is 4.57 Å². The number of aromatic nitrogens is 3. The smallest absolute Gasteiger partial charge is 0.311 e. The lowest BCUT2D eigenvalue weighted by atomic mass is 9.77. The van der Waals surface area contributed by atoms with Gasteiger partial charge < -0.3 is 24.3 Å². The minimum atomic E-state index is -3.00. The van der Waals surface area contributed by atoms with Crippen LogP contribution in [0.2, 0.25) is 5.04 Å². The molecule has 0 aliphatic carbocycles. The number of ether oxygens (including phenoxy) is 2. The highest BCUT2D eigenvalue weighted by molar-refractivity contribution is 7.16. The molecule has 0 saturated carbocycles. The Balaban J connectivity index is 1.23. The number of hydrogen-bond acceptors (Lipinski definition) is 9. The Bertz CT molecular complexity index is 2620. The SMILES string of the molecule is CCC(O[Si](c1ccccc1)(c1ccccc1)C(C)(C)C)[C@@H]1C[C@@H](C(C)O)[C@H](n2c(=O)sc3c(=O)[nH]c(NC(c4ccccc4)(c4ccccc4)c4ccc(OC)cc4)nc32)O1. The van der Waals surface area contributed by atoms with Crippen molar-refractivity contribution in [2.75, 3.05) is 12.4 Å². The molecule has 10 nitrogen and oxygen atoms in total. The molecule has 1 aliphatic rings. The maximum Gasteiger partial charge on any atom is 0.311 e. The number of thiazole rings is 1. The van der Waals surface area contributed by atoms with E-state index in [9.17, 15) is 14.7 Å². The average molecular weight is 867 g/mol. The predicted molar refractivity (Wildman–Crippen MR) is 250 cm³/mol. The van der Waals surface area contributed by atoms with E-state index in [0.29, 0.717) is 18.6 Å². The number of anilines is 1. The summed E-state index contributed by atoms with van der Waals surface area (Å²) in [5.41, 5.74) is 1.31. The van der Waals surface area contributed by atoms with Crippen molar-refractivity contribution in [2.45, 2.75) is 82.6 Å². The third-order valence-corrected chi connectivity index (χ3v) is 18.3. The third kappa shape index (κ3) is 7.75. The highest BCUT2D eigenvalue weighted by Gasteiger charge is 2.54. The van der Waals surface area contributed by atoms with Crippen molar-refractivity contribution in [3.8, 4) is 5.75 Å². The van der Waals surface area contributed by atoms with E-state index in [2.05, 4.69) is 86.5 Å². The normalized spacial score (nSPS) is 18.1. The van der Waals surface area contributed by atoms with Gasteiger partial charge in [-0.25, -0.2) is 0 Å². The fraction of sp³-hybridized carbons (Fsp3) is 0.300. The van der Waals surface area contributed by atoms with E-state index in [1.807, 2.05) is 97.1 Å². The van der Waals surface area contributed by atoms with Gasteiger partial charge >= 0.3 is 4.87 Å². The zero-order valence-corrected chi connectivity index (χ0v) is 37.8. The van der Waals surface area contributed by atoms with Crippen LogP contribution in [0.5, 0.6) is 5.75 Å². The van der Waals surface area contributed by atoms with Gasteiger partial charge in [-0.15, -0.1) is 0 Å². The molecule has 2 unspecified atom stereocenters. The average Bonchev–Trinajstić information content (AvgIpc) is 3.88. The third-order valence-electron chi connectivity index (χ3n) is 12.3. The number of hydrogen-bond donors (Lipinski definition) is 3. The van der Waals surface area contributed by atoms with Crippen LogP contribution in [0.25, 0.3) is 10.3 Å². The van der Waals surface area contributed by atoms with Gasteiger partial charge in [0.2, 0.25) is 5.95 Å². The molecule has 8 rings (SSSR count). The summed E-state index contributed by atoms with van der Waals surface area (Å²) in [5, 5.41) is 17.1. The second kappa shape index (κ2) is 17.6. The number of fused-ring (bicyclic) bond motifs is 1. The maximum atomic E-state index is 14.2. The topological polar surface area (TPSA) is 128 Å². The molecule has 2 aromatic heterocycles. The van der Waals surface area contributed by atoms with E-state index in [4.69, 9.17) is 18.9 Å². The van der Waals surface area contributed by atoms with Gasteiger partial charge in [0.05, 0.1) is 25.4 Å². The lowest BCUT2D eigenvalue weighted by Crippen LogP contribution is -2.68. The van der Waals surface area contributed by atoms with E-state index in [1.54, 1.807) is 14.0 Å². The first-order chi connectivity index (χ1) is 29.9. The first-order valence-corrected chi connectivity index (χ1v) is 23.9. The van der Waals surface area contributed by atoms with Gasteiger partial charge in [0, 0.05) is 5.92 Å². The molecule has 5 atom stereocenters. The highest BCUT2D eigenvalue weighted by Crippen LogP contribution is 2.44. The number of aliphatic hydroxyl groups is 1. The molecule has 3 heterocycles. The summed E-state index contributed by atoms with van der Waals surface area (Å²) in [4.78, 5) is 35.9. The standard InChI is InChI=1S/C50H54N4O6SSi/c1-7-41(60-62(49(3,4)5,38-24-16-10-17-25-38)39-26-18-11-19-27-39)42-32-40(33(2)55)46(59-42)54-44-43(61-48(54)57)45(56)52-47(51-44)53-50(34-20-12-8-13-21-34,35-22-14-9-15-23-35)36-28-30-37(58-6)31-29-36/h8-31,33,40-42,46,55H,7,32H2,1-6H3,(H2,51,52,53,56)/t33?,40-,41?,42-,46+/m0/s1. The summed E-state index contributed by atoms with van der Waals surface area (Å²) in [7, 11) is -1.37. The molecule has 7 aromatic rings. The van der Waals surface area contributed by atoms with Crippen molar-refractivity contribution in [3.05, 3.63) is 182 Å². The van der Waals surface area contributed by atoms with Gasteiger partial charge in [-0.2, -0.15) is 4.98 Å². The quantitative estimate of drug-likeness (QED) is 0.0738. The predicted octanol–water partition coefficient (Wildman–Crippen LogP) is 8.20. The number of benzene rings is 5. The second-order valence-corrected chi connectivity index (χ2v) is 22.3. The zero-order chi connectivity index (χ0) is 43.6. The summed E-state index contributed by atoms with van der Waals surface area (Å²) < 4.78 is 21.8. The number of aliphatic hydroxyl groups excluding tert-OH is 1. The number of aromatic amines is 1. The van der Waals surface area contributed by atoms with Crippen molar-refractivity contribution >= 4 is 46.3 Å². The van der Waals surface area contributed by atoms with Crippen molar-refractivity contribution < 1.29 is 19.0 Å². The Labute approximate surface area is 367 Å². The van der Waals surface area contributed by atoms with Crippen LogP contribution in [-0.4, -0.2) is 53.4 Å². The van der Waals surface area contributed by atoms with Crippen LogP contribution in [0.1, 0.15) is 70.4 Å². The molecule has 0 amide bonds. The Kier molecular flexibility index (Phi) is 12.2. The Morgan fingerprint density at radius 2 is 1.35 bits per heavy atom. The molecule has 1 aliphatic heterocycles. The molecule has 0 spiro atoms. The number of H-pyrrole nitrogens is 1. The lowest BCUT2D eigenvalue weighted by molar-refractivity contribution is -0.0690. The van der Waals surface area contributed by atoms with E-state index >= 15 is 0 Å². The van der Waals surface area contributed by atoms with Crippen molar-refractivity contribution in [1.82, 2.24) is 14.5 Å². The van der Waals surface area contributed by atoms with Crippen LogP contribution in [0.3, 0.4) is 0 Å². The second-order valence-electron chi connectivity index (χ2n) is 17.1. The molecule has 1 saturated heterocycles. The van der Waals surface area contributed by atoms with Crippen LogP contribution in [0.15, 0.2) is 155 Å². The van der Waals surface area contributed by atoms with Crippen LogP contribution in [0.4, 0.5) is 5.95 Å². The Morgan fingerprint density at radius 1 is 0.839 bits per heavy atom. The first kappa shape index (κ1) is 43.0. The molecule has 12 heteroatoms. The number of nitrogens with one attached hydrogen (secondary N) is 2. The van der Waals surface area contributed by atoms with Crippen LogP contribution >= 0.6 is 11.3 Å². The molecular formula is C50H54N4O6SSi. The van der Waals surface area contributed by atoms with Crippen molar-refractivity contribution in [3.63, 3.8) is 0 Å². The van der Waals surface area contributed by atoms with E-state index in [-0.39, 0.29) is 27.4 Å². The number of methoxy groups -OCH3 is 1. The minimum absolute atomic E-state index is 0.155. The summed E-state index contributed by atoms with van der Waals surface area (Å²) in [6, 6.07) is 48.7. The van der Waals surface area contributed by atoms with Crippen molar-refractivity contribution in [2.24, 2.45) is 5.92 Å². The van der Waals surface area contributed by atoms with E-state index in [0.717, 1.165) is 38.4 Å². The summed E-state index contributed by atoms with van der Waals surface area (Å²) in [6.07, 6.45) is -1.58. The fourth-order valence-electron chi connectivity index (χ4n) is 9.31. The zero-order valence-electron chi connectivity index (χ0n) is 35.9. The molecule has 5 aromatic carbocycles. The first-order valence-electron chi connectivity index (χ1n) is 21.2. The fourth-order valence-corrected chi connectivity index (χ4v) is 14.9. The largest absolute Gasteiger partial charge is 0.497 e. The number of rotatable bonds is 14. The molecule has 320 valence electrons. The van der Waals surface area contributed by atoms with Crippen LogP contribution < -0.4 is 30.9 Å². The van der Waals surface area contributed by atoms with Crippen molar-refractivity contribution in [1.29, 1.82) is 0 Å². The lowest BCUT2D eigenvalue weighted by Gasteiger charge is -2.46. The van der Waals surface area contributed by atoms with Crippen LogP contribution in [0, 0.1) is 5.92 Å². The Morgan fingerprint density at radius 3 is 1.84 bits per heavy atom. The van der Waals surface area contributed by atoms with Gasteiger partial charge in [-0.3, -0.25) is 19.1 Å². The maximum absolute atomic E-state index is 14.2. The van der Waals surface area contributed by atoms with Gasteiger partial charge in [0.15, 0.2) is 5.65 Å². The molecular weight excluding hydrogens is 813 g/mol. The summed E-state index contributed by atoms with van der Waals surface area (Å²) in [6.45, 7) is 10.5. The van der Waals surface area contributed by atoms with Crippen LogP contribution in [-0.2, 0) is 14.7 Å². The summed E-state index contributed by atoms with van der Waals surface area (Å²) in [5.74, 6) is 0.350. The van der Waals surface area contributed by atoms with Gasteiger partial charge in [-0.05, 0) is 64.0 Å². The van der Waals surface area contributed by atoms with Gasteiger partial charge in [0.1, 0.15) is 22.2 Å². The molecule has 0 radical (unpaired) electrons. The molecule has 3 N–H and O–H groups in total. The minimum Gasteiger partial charge on any atom is -0.497 e. The van der Waals surface area contributed by atoms with Gasteiger partial charge in [0.25, 0.3) is 13.9 Å². The van der Waals surface area contributed by atoms with Gasteiger partial charge in [-0.1, -0.05) is 172 Å². The van der Waals surface area contributed by atoms with E-state index < -0.39 is 48.6 Å². The summed E-state index contributed by atoms with van der Waals surface area (Å²) >= 11 is 0.823.